The average molecular weight is 921 g/mol. The summed E-state index contributed by atoms with van der Waals surface area (Å²) in [4.78, 5) is 38.0. The summed E-state index contributed by atoms with van der Waals surface area (Å²) in [6.45, 7) is 6.55. The van der Waals surface area contributed by atoms with Crippen molar-refractivity contribution in [3.05, 3.63) is 72.9 Å². The second kappa shape index (κ2) is 54.5. The Bertz CT molecular complexity index is 1240. The first-order chi connectivity index (χ1) is 32.5. The summed E-state index contributed by atoms with van der Waals surface area (Å²) in [6, 6.07) is 0. The number of unbranched alkanes of at least 4 members (excludes halogenated alkanes) is 27. The van der Waals surface area contributed by atoms with Crippen LogP contribution in [0.3, 0.4) is 0 Å². The summed E-state index contributed by atoms with van der Waals surface area (Å²) in [6.07, 6.45) is 69.0. The van der Waals surface area contributed by atoms with Gasteiger partial charge in [0.25, 0.3) is 0 Å². The van der Waals surface area contributed by atoms with E-state index in [0.29, 0.717) is 19.3 Å². The zero-order valence-electron chi connectivity index (χ0n) is 43.4. The molecule has 380 valence electrons. The standard InChI is InChI=1S/C60H104O6/c1-4-7-10-13-16-19-22-25-27-29-30-32-34-36-39-41-44-47-50-53-59(62)65-56-57(66-60(63)54-51-48-45-42-37-24-21-18-15-12-9-6-3)55-64-58(61)52-49-46-43-40-38-35-33-31-28-26-23-20-17-14-11-8-5-2/h16,19,25-28,30,32,36,39,44,47,57H,4-15,17-18,20-24,29,31,33-35,37-38,40-43,45-46,48-56H2,1-3H3/b19-16-,27-25-,28-26-,32-30-,39-36-,47-44-/t57-/m0/s1. The first-order valence-electron chi connectivity index (χ1n) is 27.9. The van der Waals surface area contributed by atoms with Crippen LogP contribution in [-0.4, -0.2) is 37.2 Å². The van der Waals surface area contributed by atoms with Gasteiger partial charge in [-0.15, -0.1) is 0 Å². The van der Waals surface area contributed by atoms with Crippen LogP contribution in [0.1, 0.15) is 271 Å². The molecule has 0 heterocycles. The van der Waals surface area contributed by atoms with E-state index in [1.165, 1.54) is 161 Å². The molecule has 66 heavy (non-hydrogen) atoms. The van der Waals surface area contributed by atoms with Crippen LogP contribution in [0, 0.1) is 0 Å². The molecule has 0 N–H and O–H groups in total. The Balaban J connectivity index is 4.45. The molecule has 0 bridgehead atoms. The van der Waals surface area contributed by atoms with Crippen LogP contribution in [0.2, 0.25) is 0 Å². The molecule has 1 atom stereocenters. The quantitative estimate of drug-likeness (QED) is 0.0262. The molecule has 0 aromatic rings. The van der Waals surface area contributed by atoms with E-state index in [9.17, 15) is 14.4 Å². The van der Waals surface area contributed by atoms with Crippen LogP contribution < -0.4 is 0 Å². The van der Waals surface area contributed by atoms with Crippen molar-refractivity contribution in [3.8, 4) is 0 Å². The minimum atomic E-state index is -0.805. The van der Waals surface area contributed by atoms with E-state index in [0.717, 1.165) is 64.2 Å². The third-order valence-corrected chi connectivity index (χ3v) is 11.9. The Labute approximate surface area is 408 Å². The molecule has 6 nitrogen and oxygen atoms in total. The maximum Gasteiger partial charge on any atom is 0.306 e. The Hall–Kier alpha value is -3.15. The van der Waals surface area contributed by atoms with Crippen molar-refractivity contribution in [3.63, 3.8) is 0 Å². The molecular formula is C60H104O6. The lowest BCUT2D eigenvalue weighted by Crippen LogP contribution is -2.30. The maximum absolute atomic E-state index is 12.8. The van der Waals surface area contributed by atoms with Crippen LogP contribution in [0.25, 0.3) is 0 Å². The normalized spacial score (nSPS) is 12.6. The van der Waals surface area contributed by atoms with Crippen molar-refractivity contribution in [1.29, 1.82) is 0 Å². The Morgan fingerprint density at radius 3 is 0.985 bits per heavy atom. The Morgan fingerprint density at radius 2 is 0.576 bits per heavy atom. The molecule has 0 aromatic heterocycles. The van der Waals surface area contributed by atoms with Gasteiger partial charge in [-0.05, 0) is 83.5 Å². The van der Waals surface area contributed by atoms with Gasteiger partial charge in [0.15, 0.2) is 6.10 Å². The van der Waals surface area contributed by atoms with Crippen molar-refractivity contribution in [2.45, 2.75) is 277 Å². The summed E-state index contributed by atoms with van der Waals surface area (Å²) in [5, 5.41) is 0. The zero-order chi connectivity index (χ0) is 47.9. The number of carbonyl (C=O) groups excluding carboxylic acids is 3. The molecule has 0 spiro atoms. The van der Waals surface area contributed by atoms with E-state index in [4.69, 9.17) is 14.2 Å². The number of ether oxygens (including phenoxy) is 3. The lowest BCUT2D eigenvalue weighted by Gasteiger charge is -2.18. The number of hydrogen-bond donors (Lipinski definition) is 0. The summed E-state index contributed by atoms with van der Waals surface area (Å²) in [7, 11) is 0. The fourth-order valence-electron chi connectivity index (χ4n) is 7.71. The average Bonchev–Trinajstić information content (AvgIpc) is 3.31. The van der Waals surface area contributed by atoms with Crippen LogP contribution in [0.5, 0.6) is 0 Å². The van der Waals surface area contributed by atoms with Crippen molar-refractivity contribution >= 4 is 17.9 Å². The molecule has 6 heteroatoms. The minimum Gasteiger partial charge on any atom is -0.462 e. The molecule has 0 aliphatic rings. The van der Waals surface area contributed by atoms with Gasteiger partial charge >= 0.3 is 17.9 Å². The summed E-state index contributed by atoms with van der Waals surface area (Å²) >= 11 is 0. The van der Waals surface area contributed by atoms with Crippen LogP contribution in [0.4, 0.5) is 0 Å². The van der Waals surface area contributed by atoms with Crippen molar-refractivity contribution in [2.24, 2.45) is 0 Å². The number of hydrogen-bond acceptors (Lipinski definition) is 6. The van der Waals surface area contributed by atoms with Gasteiger partial charge in [-0.1, -0.05) is 241 Å². The Morgan fingerprint density at radius 1 is 0.303 bits per heavy atom. The van der Waals surface area contributed by atoms with Gasteiger partial charge in [-0.25, -0.2) is 0 Å². The number of carbonyl (C=O) groups is 3. The minimum absolute atomic E-state index is 0.0985. The van der Waals surface area contributed by atoms with E-state index < -0.39 is 6.10 Å². The van der Waals surface area contributed by atoms with E-state index in [2.05, 4.69) is 87.6 Å². The summed E-state index contributed by atoms with van der Waals surface area (Å²) in [5.41, 5.74) is 0. The van der Waals surface area contributed by atoms with Crippen molar-refractivity contribution in [1.82, 2.24) is 0 Å². The lowest BCUT2D eigenvalue weighted by molar-refractivity contribution is -0.166. The molecule has 0 aliphatic heterocycles. The third kappa shape index (κ3) is 51.8. The van der Waals surface area contributed by atoms with E-state index in [1.807, 2.05) is 6.08 Å². The van der Waals surface area contributed by atoms with E-state index in [-0.39, 0.29) is 37.5 Å². The third-order valence-electron chi connectivity index (χ3n) is 11.9. The number of esters is 3. The molecule has 0 saturated heterocycles. The second-order valence-electron chi connectivity index (χ2n) is 18.5. The highest BCUT2D eigenvalue weighted by molar-refractivity contribution is 5.71. The first-order valence-corrected chi connectivity index (χ1v) is 27.9. The lowest BCUT2D eigenvalue weighted by atomic mass is 10.0. The fraction of sp³-hybridized carbons (Fsp3) is 0.750. The molecule has 0 amide bonds. The van der Waals surface area contributed by atoms with E-state index in [1.54, 1.807) is 0 Å². The topological polar surface area (TPSA) is 78.9 Å². The molecular weight excluding hydrogens is 817 g/mol. The van der Waals surface area contributed by atoms with Gasteiger partial charge in [-0.2, -0.15) is 0 Å². The smallest absolute Gasteiger partial charge is 0.306 e. The van der Waals surface area contributed by atoms with Gasteiger partial charge in [-0.3, -0.25) is 14.4 Å². The molecule has 0 aromatic carbocycles. The van der Waals surface area contributed by atoms with Gasteiger partial charge in [0.05, 0.1) is 0 Å². The molecule has 0 unspecified atom stereocenters. The molecule has 0 saturated carbocycles. The maximum atomic E-state index is 12.8. The predicted octanol–water partition coefficient (Wildman–Crippen LogP) is 18.6. The molecule has 0 fully saturated rings. The number of allylic oxidation sites excluding steroid dienone is 12. The monoisotopic (exact) mass is 921 g/mol. The van der Waals surface area contributed by atoms with Crippen LogP contribution in [-0.2, 0) is 28.6 Å². The highest BCUT2D eigenvalue weighted by atomic mass is 16.6. The number of rotatable bonds is 50. The summed E-state index contributed by atoms with van der Waals surface area (Å²) < 4.78 is 16.8. The fourth-order valence-corrected chi connectivity index (χ4v) is 7.71. The Kier molecular flexibility index (Phi) is 51.9. The SMILES string of the molecule is CCCCC/C=C\C/C=C\C/C=C\C/C=C\C/C=C\CCC(=O)OC[C@H](COC(=O)CCCCCCCCC/C=C\CCCCCCCC)OC(=O)CCCCCCCCCCCCCC. The largest absolute Gasteiger partial charge is 0.462 e. The van der Waals surface area contributed by atoms with Gasteiger partial charge in [0, 0.05) is 19.3 Å². The van der Waals surface area contributed by atoms with Crippen LogP contribution in [0.15, 0.2) is 72.9 Å². The van der Waals surface area contributed by atoms with E-state index >= 15 is 0 Å². The molecule has 0 rings (SSSR count). The van der Waals surface area contributed by atoms with Gasteiger partial charge in [0.1, 0.15) is 13.2 Å². The van der Waals surface area contributed by atoms with Crippen LogP contribution >= 0.6 is 0 Å². The first kappa shape index (κ1) is 62.8. The van der Waals surface area contributed by atoms with Crippen molar-refractivity contribution in [2.75, 3.05) is 13.2 Å². The second-order valence-corrected chi connectivity index (χ2v) is 18.5. The van der Waals surface area contributed by atoms with Gasteiger partial charge in [0.2, 0.25) is 0 Å². The van der Waals surface area contributed by atoms with Crippen molar-refractivity contribution < 1.29 is 28.6 Å². The summed E-state index contributed by atoms with van der Waals surface area (Å²) in [5.74, 6) is -0.982. The zero-order valence-corrected chi connectivity index (χ0v) is 43.4. The predicted molar refractivity (Wildman–Crippen MR) is 284 cm³/mol. The molecule has 0 radical (unpaired) electrons. The molecule has 0 aliphatic carbocycles. The van der Waals surface area contributed by atoms with Gasteiger partial charge < -0.3 is 14.2 Å². The highest BCUT2D eigenvalue weighted by Gasteiger charge is 2.19. The highest BCUT2D eigenvalue weighted by Crippen LogP contribution is 2.15.